The Kier molecular flexibility index (Phi) is 6.80. The average molecular weight is 431 g/mol. The van der Waals surface area contributed by atoms with E-state index >= 15 is 0 Å². The number of nitrogens with zero attached hydrogens (tertiary/aromatic N) is 6. The first-order valence-corrected chi connectivity index (χ1v) is 11.4. The van der Waals surface area contributed by atoms with E-state index in [9.17, 15) is 0 Å². The van der Waals surface area contributed by atoms with Crippen molar-refractivity contribution in [2.45, 2.75) is 26.9 Å². The lowest BCUT2D eigenvalue weighted by molar-refractivity contribution is 0.141. The molecule has 4 heterocycles. The number of halogens is 1. The quantitative estimate of drug-likeness (QED) is 0.727. The van der Waals surface area contributed by atoms with E-state index in [0.29, 0.717) is 5.02 Å². The summed E-state index contributed by atoms with van der Waals surface area (Å²) in [5.41, 5.74) is 5.58. The van der Waals surface area contributed by atoms with E-state index in [4.69, 9.17) is 11.6 Å². The number of pyridine rings is 1. The number of aromatic nitrogens is 2. The molecule has 2 saturated heterocycles. The standard InChI is InChI=1S/C23H35ClN6/c1-18-21(16-28-11-7-26(3)8-12-28)22(17-29-13-9-27(4)10-14-29)19(2)30(18)23-6-5-20(24)15-25-23/h5-6,15H,7-14,16-17H2,1-4H3. The molecule has 0 aromatic carbocycles. The van der Waals surface area contributed by atoms with Crippen molar-refractivity contribution in [1.29, 1.82) is 0 Å². The van der Waals surface area contributed by atoms with Gasteiger partial charge in [0.05, 0.1) is 5.02 Å². The second-order valence-electron chi connectivity index (χ2n) is 8.96. The smallest absolute Gasteiger partial charge is 0.137 e. The van der Waals surface area contributed by atoms with Crippen LogP contribution in [-0.4, -0.2) is 95.6 Å². The molecule has 0 aliphatic carbocycles. The average Bonchev–Trinajstić information content (AvgIpc) is 2.96. The van der Waals surface area contributed by atoms with Crippen LogP contribution in [0.15, 0.2) is 18.3 Å². The molecule has 0 atom stereocenters. The fourth-order valence-electron chi connectivity index (χ4n) is 4.68. The Labute approximate surface area is 186 Å². The maximum absolute atomic E-state index is 6.10. The summed E-state index contributed by atoms with van der Waals surface area (Å²) in [6.07, 6.45) is 1.75. The molecule has 2 aromatic heterocycles. The minimum atomic E-state index is 0.677. The lowest BCUT2D eigenvalue weighted by Crippen LogP contribution is -2.45. The topological polar surface area (TPSA) is 30.8 Å². The van der Waals surface area contributed by atoms with Gasteiger partial charge < -0.3 is 14.4 Å². The summed E-state index contributed by atoms with van der Waals surface area (Å²) in [5.74, 6) is 0.957. The van der Waals surface area contributed by atoms with Crippen molar-refractivity contribution in [2.24, 2.45) is 0 Å². The van der Waals surface area contributed by atoms with E-state index in [2.05, 4.69) is 57.1 Å². The van der Waals surface area contributed by atoms with E-state index in [-0.39, 0.29) is 0 Å². The molecule has 0 radical (unpaired) electrons. The van der Waals surface area contributed by atoms with Gasteiger partial charge in [0.25, 0.3) is 0 Å². The summed E-state index contributed by atoms with van der Waals surface area (Å²) in [7, 11) is 4.43. The lowest BCUT2D eigenvalue weighted by Gasteiger charge is -2.34. The monoisotopic (exact) mass is 430 g/mol. The van der Waals surface area contributed by atoms with Crippen LogP contribution in [0.2, 0.25) is 5.02 Å². The molecule has 0 N–H and O–H groups in total. The molecule has 2 fully saturated rings. The number of hydrogen-bond donors (Lipinski definition) is 0. The molecule has 7 heteroatoms. The zero-order valence-corrected chi connectivity index (χ0v) is 19.6. The van der Waals surface area contributed by atoms with E-state index in [0.717, 1.165) is 71.3 Å². The zero-order chi connectivity index (χ0) is 21.3. The Hall–Kier alpha value is -1.44. The van der Waals surface area contributed by atoms with E-state index in [1.807, 2.05) is 12.1 Å². The molecule has 4 rings (SSSR count). The molecule has 0 spiro atoms. The molecule has 30 heavy (non-hydrogen) atoms. The van der Waals surface area contributed by atoms with Crippen LogP contribution in [0.25, 0.3) is 5.82 Å². The third-order valence-corrected chi connectivity index (χ3v) is 7.03. The SMILES string of the molecule is Cc1c(CN2CCN(C)CC2)c(CN2CCN(C)CC2)c(C)n1-c1ccc(Cl)cn1. The maximum atomic E-state index is 6.10. The van der Waals surface area contributed by atoms with Crippen molar-refractivity contribution in [3.63, 3.8) is 0 Å². The van der Waals surface area contributed by atoms with Gasteiger partial charge >= 0.3 is 0 Å². The number of hydrogen-bond acceptors (Lipinski definition) is 5. The fraction of sp³-hybridized carbons (Fsp3) is 0.609. The molecule has 6 nitrogen and oxygen atoms in total. The molecule has 0 amide bonds. The van der Waals surface area contributed by atoms with Crippen molar-refractivity contribution in [3.05, 3.63) is 45.9 Å². The summed E-state index contributed by atoms with van der Waals surface area (Å²) in [6.45, 7) is 15.6. The second kappa shape index (κ2) is 9.37. The third kappa shape index (κ3) is 4.73. The van der Waals surface area contributed by atoms with Gasteiger partial charge in [-0.1, -0.05) is 11.6 Å². The van der Waals surface area contributed by atoms with Gasteiger partial charge in [0.1, 0.15) is 5.82 Å². The minimum Gasteiger partial charge on any atom is -0.304 e. The van der Waals surface area contributed by atoms with Gasteiger partial charge in [-0.3, -0.25) is 9.80 Å². The Balaban J connectivity index is 1.66. The first kappa shape index (κ1) is 21.8. The minimum absolute atomic E-state index is 0.677. The molecular formula is C23H35ClN6. The molecule has 0 saturated carbocycles. The van der Waals surface area contributed by atoms with Gasteiger partial charge in [-0.15, -0.1) is 0 Å². The van der Waals surface area contributed by atoms with Gasteiger partial charge in [0.2, 0.25) is 0 Å². The first-order chi connectivity index (χ1) is 14.4. The zero-order valence-electron chi connectivity index (χ0n) is 18.9. The highest BCUT2D eigenvalue weighted by atomic mass is 35.5. The highest BCUT2D eigenvalue weighted by Crippen LogP contribution is 2.29. The van der Waals surface area contributed by atoms with Crippen molar-refractivity contribution < 1.29 is 0 Å². The van der Waals surface area contributed by atoms with Crippen LogP contribution in [0, 0.1) is 13.8 Å². The molecule has 164 valence electrons. The Bertz CT molecular complexity index is 798. The van der Waals surface area contributed by atoms with E-state index in [1.54, 1.807) is 6.20 Å². The highest BCUT2D eigenvalue weighted by molar-refractivity contribution is 6.30. The van der Waals surface area contributed by atoms with Crippen molar-refractivity contribution in [1.82, 2.24) is 29.2 Å². The van der Waals surface area contributed by atoms with E-state index < -0.39 is 0 Å². The molecule has 2 aliphatic heterocycles. The van der Waals surface area contributed by atoms with Gasteiger partial charge in [0, 0.05) is 83.0 Å². The summed E-state index contributed by atoms with van der Waals surface area (Å²) in [5, 5.41) is 0.677. The molecule has 2 aromatic rings. The van der Waals surface area contributed by atoms with Crippen LogP contribution in [0.1, 0.15) is 22.5 Å². The van der Waals surface area contributed by atoms with Crippen molar-refractivity contribution in [3.8, 4) is 5.82 Å². The maximum Gasteiger partial charge on any atom is 0.137 e. The number of rotatable bonds is 5. The van der Waals surface area contributed by atoms with Gasteiger partial charge in [-0.2, -0.15) is 0 Å². The van der Waals surface area contributed by atoms with Gasteiger partial charge in [-0.05, 0) is 51.2 Å². The molecule has 0 bridgehead atoms. The number of piperazine rings is 2. The summed E-state index contributed by atoms with van der Waals surface area (Å²) in [6, 6.07) is 3.96. The van der Waals surface area contributed by atoms with Gasteiger partial charge in [-0.25, -0.2) is 4.98 Å². The van der Waals surface area contributed by atoms with Crippen LogP contribution in [0.5, 0.6) is 0 Å². The normalized spacial score (nSPS) is 20.2. The van der Waals surface area contributed by atoms with E-state index in [1.165, 1.54) is 22.5 Å². The fourth-order valence-corrected chi connectivity index (χ4v) is 4.79. The first-order valence-electron chi connectivity index (χ1n) is 11.1. The highest BCUT2D eigenvalue weighted by Gasteiger charge is 2.25. The largest absolute Gasteiger partial charge is 0.304 e. The predicted molar refractivity (Wildman–Crippen MR) is 124 cm³/mol. The van der Waals surface area contributed by atoms with Crippen LogP contribution >= 0.6 is 11.6 Å². The van der Waals surface area contributed by atoms with Crippen LogP contribution < -0.4 is 0 Å². The molecular weight excluding hydrogens is 396 g/mol. The number of likely N-dealkylation sites (N-methyl/N-ethyl adjacent to an activating group) is 2. The third-order valence-electron chi connectivity index (χ3n) is 6.80. The van der Waals surface area contributed by atoms with Crippen molar-refractivity contribution >= 4 is 11.6 Å². The predicted octanol–water partition coefficient (Wildman–Crippen LogP) is 2.64. The molecule has 2 aliphatic rings. The Morgan fingerprint density at radius 3 is 1.63 bits per heavy atom. The van der Waals surface area contributed by atoms with Crippen molar-refractivity contribution in [2.75, 3.05) is 66.5 Å². The van der Waals surface area contributed by atoms with Crippen LogP contribution in [-0.2, 0) is 13.1 Å². The lowest BCUT2D eigenvalue weighted by atomic mass is 10.1. The van der Waals surface area contributed by atoms with Crippen LogP contribution in [0.3, 0.4) is 0 Å². The second-order valence-corrected chi connectivity index (χ2v) is 9.39. The molecule has 0 unspecified atom stereocenters. The summed E-state index contributed by atoms with van der Waals surface area (Å²) in [4.78, 5) is 14.7. The van der Waals surface area contributed by atoms with Crippen LogP contribution in [0.4, 0.5) is 0 Å². The summed E-state index contributed by atoms with van der Waals surface area (Å²) >= 11 is 6.10. The Morgan fingerprint density at radius 2 is 1.23 bits per heavy atom. The van der Waals surface area contributed by atoms with Gasteiger partial charge in [0.15, 0.2) is 0 Å². The Morgan fingerprint density at radius 1 is 0.767 bits per heavy atom. The summed E-state index contributed by atoms with van der Waals surface area (Å²) < 4.78 is 2.33.